The van der Waals surface area contributed by atoms with E-state index >= 15 is 0 Å². The van der Waals surface area contributed by atoms with E-state index < -0.39 is 0 Å². The van der Waals surface area contributed by atoms with Gasteiger partial charge in [0.05, 0.1) is 6.54 Å². The summed E-state index contributed by atoms with van der Waals surface area (Å²) in [5, 5.41) is 2.95. The number of fused-ring (bicyclic) bond motifs is 1. The van der Waals surface area contributed by atoms with E-state index in [1.165, 1.54) is 5.56 Å². The second-order valence-electron chi connectivity index (χ2n) is 6.28. The average molecular weight is 339 g/mol. The molecule has 3 atom stereocenters. The minimum absolute atomic E-state index is 0.0339. The molecular formula is C19H21N3O3. The quantitative estimate of drug-likeness (QED) is 0.788. The summed E-state index contributed by atoms with van der Waals surface area (Å²) in [6.45, 7) is 0.849. The van der Waals surface area contributed by atoms with Crippen LogP contribution in [0.3, 0.4) is 0 Å². The number of nitrogens with one attached hydrogen (secondary N) is 3. The molecule has 2 aliphatic rings. The van der Waals surface area contributed by atoms with Gasteiger partial charge in [0.25, 0.3) is 0 Å². The second-order valence-corrected chi connectivity index (χ2v) is 6.28. The maximum absolute atomic E-state index is 12.4. The predicted molar refractivity (Wildman–Crippen MR) is 93.2 cm³/mol. The number of ether oxygens (including phenoxy) is 2. The van der Waals surface area contributed by atoms with Gasteiger partial charge in [0.1, 0.15) is 18.8 Å². The molecular weight excluding hydrogens is 318 g/mol. The number of hydrogen-bond acceptors (Lipinski definition) is 5. The van der Waals surface area contributed by atoms with Gasteiger partial charge in [-0.2, -0.15) is 0 Å². The summed E-state index contributed by atoms with van der Waals surface area (Å²) in [7, 11) is 0. The van der Waals surface area contributed by atoms with Crippen LogP contribution in [0.15, 0.2) is 54.6 Å². The smallest absolute Gasteiger partial charge is 0.238 e. The Labute approximate surface area is 146 Å². The molecule has 3 N–H and O–H groups in total. The van der Waals surface area contributed by atoms with E-state index in [-0.39, 0.29) is 24.1 Å². The van der Waals surface area contributed by atoms with Gasteiger partial charge >= 0.3 is 0 Å². The van der Waals surface area contributed by atoms with Crippen molar-refractivity contribution in [3.8, 4) is 11.5 Å². The van der Waals surface area contributed by atoms with Crippen LogP contribution >= 0.6 is 0 Å². The number of para-hydroxylation sites is 2. The fourth-order valence-electron chi connectivity index (χ4n) is 3.13. The first-order valence-electron chi connectivity index (χ1n) is 8.52. The average Bonchev–Trinajstić information content (AvgIpc) is 3.17. The molecule has 0 aromatic heterocycles. The fourth-order valence-corrected chi connectivity index (χ4v) is 3.13. The lowest BCUT2D eigenvalue weighted by molar-refractivity contribution is -0.123. The van der Waals surface area contributed by atoms with Crippen molar-refractivity contribution in [2.75, 3.05) is 13.2 Å². The topological polar surface area (TPSA) is 71.6 Å². The lowest BCUT2D eigenvalue weighted by Gasteiger charge is -2.26. The van der Waals surface area contributed by atoms with E-state index in [0.29, 0.717) is 19.6 Å². The standard InChI is InChI=1S/C19H21N3O3/c23-19(16-10-15(21-22-16)13-6-2-1-3-7-13)20-11-14-12-24-17-8-4-5-9-18(17)25-14/h1-9,14-16,21-22H,10-12H2,(H,20,23). The van der Waals surface area contributed by atoms with Crippen molar-refractivity contribution < 1.29 is 14.3 Å². The molecule has 2 aliphatic heterocycles. The molecule has 1 fully saturated rings. The molecule has 2 aromatic rings. The minimum atomic E-state index is -0.262. The highest BCUT2D eigenvalue weighted by molar-refractivity contribution is 5.82. The van der Waals surface area contributed by atoms with E-state index in [1.807, 2.05) is 42.5 Å². The summed E-state index contributed by atoms with van der Waals surface area (Å²) in [6.07, 6.45) is 0.527. The van der Waals surface area contributed by atoms with Crippen LogP contribution in [0.25, 0.3) is 0 Å². The Kier molecular flexibility index (Phi) is 4.54. The Morgan fingerprint density at radius 2 is 1.80 bits per heavy atom. The normalized spacial score (nSPS) is 24.7. The van der Waals surface area contributed by atoms with Gasteiger partial charge in [-0.05, 0) is 24.1 Å². The van der Waals surface area contributed by atoms with Crippen molar-refractivity contribution >= 4 is 5.91 Å². The number of carbonyl (C=O) groups excluding carboxylic acids is 1. The molecule has 6 heteroatoms. The SMILES string of the molecule is O=C(NCC1COc2ccccc2O1)C1CC(c2ccccc2)NN1. The van der Waals surface area contributed by atoms with Crippen molar-refractivity contribution in [1.29, 1.82) is 0 Å². The second kappa shape index (κ2) is 7.13. The third-order valence-corrected chi connectivity index (χ3v) is 4.49. The van der Waals surface area contributed by atoms with Crippen molar-refractivity contribution in [1.82, 2.24) is 16.2 Å². The molecule has 3 unspecified atom stereocenters. The first kappa shape index (κ1) is 15.9. The summed E-state index contributed by atoms with van der Waals surface area (Å²) in [4.78, 5) is 12.4. The first-order valence-corrected chi connectivity index (χ1v) is 8.52. The molecule has 2 aromatic carbocycles. The summed E-state index contributed by atoms with van der Waals surface area (Å²) < 4.78 is 11.5. The number of hydrazine groups is 1. The van der Waals surface area contributed by atoms with Crippen LogP contribution in [0, 0.1) is 0 Å². The Hall–Kier alpha value is -2.57. The zero-order valence-electron chi connectivity index (χ0n) is 13.8. The van der Waals surface area contributed by atoms with Crippen LogP contribution in [-0.2, 0) is 4.79 Å². The van der Waals surface area contributed by atoms with Crippen LogP contribution in [0.1, 0.15) is 18.0 Å². The highest BCUT2D eigenvalue weighted by Crippen LogP contribution is 2.30. The molecule has 1 saturated heterocycles. The van der Waals surface area contributed by atoms with Crippen molar-refractivity contribution in [2.45, 2.75) is 24.6 Å². The van der Waals surface area contributed by atoms with Gasteiger partial charge in [0, 0.05) is 6.04 Å². The maximum Gasteiger partial charge on any atom is 0.238 e. The molecule has 0 bridgehead atoms. The summed E-state index contributed by atoms with van der Waals surface area (Å²) >= 11 is 0. The van der Waals surface area contributed by atoms with E-state index in [1.54, 1.807) is 0 Å². The minimum Gasteiger partial charge on any atom is -0.486 e. The molecule has 6 nitrogen and oxygen atoms in total. The third-order valence-electron chi connectivity index (χ3n) is 4.49. The zero-order valence-corrected chi connectivity index (χ0v) is 13.8. The molecule has 1 amide bonds. The Bertz CT molecular complexity index is 738. The van der Waals surface area contributed by atoms with Gasteiger partial charge in [0.15, 0.2) is 11.5 Å². The van der Waals surface area contributed by atoms with Gasteiger partial charge in [0.2, 0.25) is 5.91 Å². The van der Waals surface area contributed by atoms with Crippen molar-refractivity contribution in [3.63, 3.8) is 0 Å². The zero-order chi connectivity index (χ0) is 17.1. The largest absolute Gasteiger partial charge is 0.486 e. The lowest BCUT2D eigenvalue weighted by atomic mass is 10.0. The first-order chi connectivity index (χ1) is 12.3. The highest BCUT2D eigenvalue weighted by Gasteiger charge is 2.30. The Morgan fingerprint density at radius 3 is 2.64 bits per heavy atom. The van der Waals surface area contributed by atoms with Crippen LogP contribution in [-0.4, -0.2) is 31.2 Å². The molecule has 4 rings (SSSR count). The monoisotopic (exact) mass is 339 g/mol. The predicted octanol–water partition coefficient (Wildman–Crippen LogP) is 1.55. The third kappa shape index (κ3) is 3.60. The van der Waals surface area contributed by atoms with Crippen LogP contribution in [0.2, 0.25) is 0 Å². The summed E-state index contributed by atoms with van der Waals surface area (Å²) in [5.74, 6) is 1.43. The summed E-state index contributed by atoms with van der Waals surface area (Å²) in [5.41, 5.74) is 7.43. The summed E-state index contributed by atoms with van der Waals surface area (Å²) in [6, 6.07) is 17.5. The molecule has 130 valence electrons. The van der Waals surface area contributed by atoms with Crippen LogP contribution in [0.5, 0.6) is 11.5 Å². The number of hydrogen-bond donors (Lipinski definition) is 3. The van der Waals surface area contributed by atoms with Crippen LogP contribution < -0.4 is 25.6 Å². The Balaban J connectivity index is 1.27. The molecule has 25 heavy (non-hydrogen) atoms. The lowest BCUT2D eigenvalue weighted by Crippen LogP contribution is -2.47. The molecule has 0 radical (unpaired) electrons. The number of benzene rings is 2. The molecule has 0 spiro atoms. The highest BCUT2D eigenvalue weighted by atomic mass is 16.6. The van der Waals surface area contributed by atoms with Crippen molar-refractivity contribution in [2.24, 2.45) is 0 Å². The van der Waals surface area contributed by atoms with Gasteiger partial charge in [-0.3, -0.25) is 4.79 Å². The van der Waals surface area contributed by atoms with Gasteiger partial charge < -0.3 is 14.8 Å². The van der Waals surface area contributed by atoms with E-state index in [2.05, 4.69) is 28.3 Å². The van der Waals surface area contributed by atoms with Gasteiger partial charge in [-0.15, -0.1) is 0 Å². The molecule has 0 saturated carbocycles. The molecule has 2 heterocycles. The van der Waals surface area contributed by atoms with Gasteiger partial charge in [-0.25, -0.2) is 10.9 Å². The van der Waals surface area contributed by atoms with Gasteiger partial charge in [-0.1, -0.05) is 42.5 Å². The van der Waals surface area contributed by atoms with E-state index in [0.717, 1.165) is 11.5 Å². The van der Waals surface area contributed by atoms with E-state index in [9.17, 15) is 4.79 Å². The Morgan fingerprint density at radius 1 is 1.04 bits per heavy atom. The number of amides is 1. The maximum atomic E-state index is 12.4. The van der Waals surface area contributed by atoms with Crippen LogP contribution in [0.4, 0.5) is 0 Å². The fraction of sp³-hybridized carbons (Fsp3) is 0.316. The number of carbonyl (C=O) groups is 1. The number of rotatable bonds is 4. The van der Waals surface area contributed by atoms with Crippen molar-refractivity contribution in [3.05, 3.63) is 60.2 Å². The van der Waals surface area contributed by atoms with E-state index in [4.69, 9.17) is 9.47 Å². The molecule has 0 aliphatic carbocycles.